The van der Waals surface area contributed by atoms with Gasteiger partial charge in [0.2, 0.25) is 17.6 Å². The third-order valence-electron chi connectivity index (χ3n) is 3.64. The molecule has 110 valence electrons. The smallest absolute Gasteiger partial charge is 0.241 e. The minimum Gasteiger partial charge on any atom is -0.368 e. The molecular formula is C14H17N5O2. The Morgan fingerprint density at radius 3 is 3.10 bits per heavy atom. The maximum Gasteiger partial charge on any atom is 0.241 e. The van der Waals surface area contributed by atoms with Gasteiger partial charge in [-0.1, -0.05) is 17.6 Å². The number of aromatic nitrogens is 3. The molecule has 7 nitrogen and oxygen atoms in total. The highest BCUT2D eigenvalue weighted by atomic mass is 16.5. The van der Waals surface area contributed by atoms with Gasteiger partial charge in [-0.15, -0.1) is 0 Å². The van der Waals surface area contributed by atoms with E-state index >= 15 is 0 Å². The van der Waals surface area contributed by atoms with Gasteiger partial charge in [0.15, 0.2) is 0 Å². The second kappa shape index (κ2) is 6.01. The summed E-state index contributed by atoms with van der Waals surface area (Å²) in [5, 5.41) is 3.93. The molecule has 0 aliphatic carbocycles. The molecule has 3 rings (SSSR count). The summed E-state index contributed by atoms with van der Waals surface area (Å²) in [5.41, 5.74) is 6.11. The average molecular weight is 287 g/mol. The Kier molecular flexibility index (Phi) is 3.92. The highest BCUT2D eigenvalue weighted by Crippen LogP contribution is 2.20. The normalized spacial score (nSPS) is 19.5. The largest absolute Gasteiger partial charge is 0.368 e. The number of piperidine rings is 1. The molecule has 7 heteroatoms. The highest BCUT2D eigenvalue weighted by molar-refractivity contribution is 5.79. The van der Waals surface area contributed by atoms with Crippen LogP contribution in [0.3, 0.4) is 0 Å². The van der Waals surface area contributed by atoms with Gasteiger partial charge in [-0.2, -0.15) is 4.98 Å². The summed E-state index contributed by atoms with van der Waals surface area (Å²) >= 11 is 0. The number of carbonyl (C=O) groups is 1. The van der Waals surface area contributed by atoms with Crippen LogP contribution >= 0.6 is 0 Å². The Morgan fingerprint density at radius 1 is 1.43 bits per heavy atom. The average Bonchev–Trinajstić information content (AvgIpc) is 2.97. The van der Waals surface area contributed by atoms with E-state index in [-0.39, 0.29) is 11.9 Å². The van der Waals surface area contributed by atoms with Crippen molar-refractivity contribution < 1.29 is 9.32 Å². The first-order valence-electron chi connectivity index (χ1n) is 7.01. The number of hydrogen-bond donors (Lipinski definition) is 1. The summed E-state index contributed by atoms with van der Waals surface area (Å²) in [5.74, 6) is 0.640. The number of primary amides is 1. The Bertz CT molecular complexity index is 613. The lowest BCUT2D eigenvalue weighted by molar-refractivity contribution is -0.124. The molecule has 21 heavy (non-hydrogen) atoms. The Hall–Kier alpha value is -2.28. The topological polar surface area (TPSA) is 98.1 Å². The van der Waals surface area contributed by atoms with Gasteiger partial charge in [-0.05, 0) is 31.5 Å². The molecule has 1 aliphatic rings. The van der Waals surface area contributed by atoms with Gasteiger partial charge in [0.25, 0.3) is 0 Å². The maximum atomic E-state index is 11.5. The first-order valence-corrected chi connectivity index (χ1v) is 7.01. The Morgan fingerprint density at radius 2 is 2.33 bits per heavy atom. The van der Waals surface area contributed by atoms with Crippen LogP contribution in [-0.4, -0.2) is 38.5 Å². The van der Waals surface area contributed by atoms with Gasteiger partial charge < -0.3 is 10.3 Å². The molecule has 0 spiro atoms. The van der Waals surface area contributed by atoms with E-state index < -0.39 is 0 Å². The molecule has 2 N–H and O–H groups in total. The van der Waals surface area contributed by atoms with Gasteiger partial charge >= 0.3 is 0 Å². The number of nitrogens with two attached hydrogens (primary N) is 1. The molecule has 0 saturated carbocycles. The number of carbonyl (C=O) groups excluding carboxylic acids is 1. The number of hydrogen-bond acceptors (Lipinski definition) is 6. The fourth-order valence-electron chi connectivity index (χ4n) is 2.59. The van der Waals surface area contributed by atoms with Crippen molar-refractivity contribution in [1.82, 2.24) is 20.0 Å². The summed E-state index contributed by atoms with van der Waals surface area (Å²) in [6.45, 7) is 1.25. The Labute approximate surface area is 122 Å². The first-order chi connectivity index (χ1) is 10.2. The molecule has 2 aromatic heterocycles. The minimum absolute atomic E-state index is 0.246. The lowest BCUT2D eigenvalue weighted by atomic mass is 10.0. The van der Waals surface area contributed by atoms with Crippen LogP contribution in [0, 0.1) is 0 Å². The van der Waals surface area contributed by atoms with E-state index in [4.69, 9.17) is 10.3 Å². The van der Waals surface area contributed by atoms with E-state index in [9.17, 15) is 4.79 Å². The monoisotopic (exact) mass is 287 g/mol. The van der Waals surface area contributed by atoms with E-state index in [1.165, 1.54) is 0 Å². The van der Waals surface area contributed by atoms with Gasteiger partial charge in [0, 0.05) is 6.20 Å². The predicted molar refractivity (Wildman–Crippen MR) is 74.8 cm³/mol. The molecular weight excluding hydrogens is 270 g/mol. The van der Waals surface area contributed by atoms with Crippen LogP contribution in [0.15, 0.2) is 28.9 Å². The van der Waals surface area contributed by atoms with Crippen molar-refractivity contribution in [3.63, 3.8) is 0 Å². The second-order valence-electron chi connectivity index (χ2n) is 5.11. The van der Waals surface area contributed by atoms with Gasteiger partial charge in [-0.25, -0.2) is 0 Å². The van der Waals surface area contributed by atoms with Crippen molar-refractivity contribution in [3.05, 3.63) is 30.3 Å². The van der Waals surface area contributed by atoms with E-state index in [2.05, 4.69) is 15.1 Å². The number of nitrogens with zero attached hydrogens (tertiary/aromatic N) is 4. The quantitative estimate of drug-likeness (QED) is 0.899. The summed E-state index contributed by atoms with van der Waals surface area (Å²) in [6, 6.07) is 5.27. The van der Waals surface area contributed by atoms with Crippen molar-refractivity contribution in [2.45, 2.75) is 31.8 Å². The van der Waals surface area contributed by atoms with Crippen LogP contribution in [0.4, 0.5) is 0 Å². The maximum absolute atomic E-state index is 11.5. The lowest BCUT2D eigenvalue weighted by Crippen LogP contribution is -2.47. The van der Waals surface area contributed by atoms with E-state index in [1.807, 2.05) is 23.1 Å². The third kappa shape index (κ3) is 3.08. The molecule has 3 heterocycles. The molecule has 1 aliphatic heterocycles. The molecule has 0 aromatic carbocycles. The van der Waals surface area contributed by atoms with Crippen LogP contribution in [0.1, 0.15) is 25.2 Å². The SMILES string of the molecule is NC(=O)C1CCCCN1Cc1nc(-c2ccccn2)no1. The first kappa shape index (κ1) is 13.7. The molecule has 0 bridgehead atoms. The van der Waals surface area contributed by atoms with Crippen LogP contribution < -0.4 is 5.73 Å². The van der Waals surface area contributed by atoms with Crippen LogP contribution in [0.25, 0.3) is 11.5 Å². The zero-order valence-corrected chi connectivity index (χ0v) is 11.6. The Balaban J connectivity index is 1.73. The fourth-order valence-corrected chi connectivity index (χ4v) is 2.59. The van der Waals surface area contributed by atoms with E-state index in [0.29, 0.717) is 24.0 Å². The third-order valence-corrected chi connectivity index (χ3v) is 3.64. The zero-order chi connectivity index (χ0) is 14.7. The number of pyridine rings is 1. The summed E-state index contributed by atoms with van der Waals surface area (Å²) in [6.07, 6.45) is 4.54. The van der Waals surface area contributed by atoms with Crippen molar-refractivity contribution in [1.29, 1.82) is 0 Å². The number of rotatable bonds is 4. The van der Waals surface area contributed by atoms with Crippen LogP contribution in [0.5, 0.6) is 0 Å². The van der Waals surface area contributed by atoms with E-state index in [0.717, 1.165) is 25.8 Å². The van der Waals surface area contributed by atoms with Crippen molar-refractivity contribution in [2.24, 2.45) is 5.73 Å². The van der Waals surface area contributed by atoms with Gasteiger partial charge in [0.1, 0.15) is 5.69 Å². The molecule has 1 amide bonds. The molecule has 1 saturated heterocycles. The number of amides is 1. The molecule has 1 atom stereocenters. The summed E-state index contributed by atoms with van der Waals surface area (Å²) in [4.78, 5) is 22.0. The van der Waals surface area contributed by atoms with Crippen molar-refractivity contribution in [3.8, 4) is 11.5 Å². The van der Waals surface area contributed by atoms with Crippen molar-refractivity contribution in [2.75, 3.05) is 6.54 Å². The minimum atomic E-state index is -0.292. The zero-order valence-electron chi connectivity index (χ0n) is 11.6. The molecule has 0 radical (unpaired) electrons. The second-order valence-corrected chi connectivity index (χ2v) is 5.11. The fraction of sp³-hybridized carbons (Fsp3) is 0.429. The van der Waals surface area contributed by atoms with Gasteiger partial charge in [-0.3, -0.25) is 14.7 Å². The molecule has 1 unspecified atom stereocenters. The van der Waals surface area contributed by atoms with E-state index in [1.54, 1.807) is 6.20 Å². The molecule has 2 aromatic rings. The predicted octanol–water partition coefficient (Wildman–Crippen LogP) is 0.971. The van der Waals surface area contributed by atoms with Gasteiger partial charge in [0.05, 0.1) is 12.6 Å². The van der Waals surface area contributed by atoms with Crippen LogP contribution in [0.2, 0.25) is 0 Å². The molecule has 1 fully saturated rings. The standard InChI is InChI=1S/C14H17N5O2/c15-13(20)11-6-2-4-8-19(11)9-12-17-14(18-21-12)10-5-1-3-7-16-10/h1,3,5,7,11H,2,4,6,8-9H2,(H2,15,20). The highest BCUT2D eigenvalue weighted by Gasteiger charge is 2.28. The summed E-state index contributed by atoms with van der Waals surface area (Å²) < 4.78 is 5.25. The van der Waals surface area contributed by atoms with Crippen LogP contribution in [-0.2, 0) is 11.3 Å². The summed E-state index contributed by atoms with van der Waals surface area (Å²) in [7, 11) is 0. The lowest BCUT2D eigenvalue weighted by Gasteiger charge is -2.32. The number of likely N-dealkylation sites (tertiary alicyclic amines) is 1. The van der Waals surface area contributed by atoms with Crippen molar-refractivity contribution >= 4 is 5.91 Å².